The lowest BCUT2D eigenvalue weighted by atomic mass is 9.90. The monoisotopic (exact) mass is 366 g/mol. The van der Waals surface area contributed by atoms with Gasteiger partial charge in [-0.1, -0.05) is 22.9 Å². The fourth-order valence-corrected chi connectivity index (χ4v) is 3.23. The zero-order valence-electron chi connectivity index (χ0n) is 13.4. The van der Waals surface area contributed by atoms with Gasteiger partial charge in [0.1, 0.15) is 5.69 Å². The number of aliphatic carboxylic acids is 1. The molecule has 2 aromatic rings. The number of aromatic nitrogens is 3. The summed E-state index contributed by atoms with van der Waals surface area (Å²) in [7, 11) is 0. The Balaban J connectivity index is 1.86. The van der Waals surface area contributed by atoms with Crippen molar-refractivity contribution in [3.05, 3.63) is 40.9 Å². The van der Waals surface area contributed by atoms with Crippen LogP contribution < -0.4 is 0 Å². The third-order valence-corrected chi connectivity index (χ3v) is 4.75. The highest BCUT2D eigenvalue weighted by Crippen LogP contribution is 2.25. The van der Waals surface area contributed by atoms with Crippen molar-refractivity contribution in [3.63, 3.8) is 0 Å². The first-order valence-electron chi connectivity index (χ1n) is 7.80. The van der Waals surface area contributed by atoms with Crippen molar-refractivity contribution in [2.75, 3.05) is 6.54 Å². The number of benzene rings is 1. The molecular weight excluding hydrogens is 351 g/mol. The van der Waals surface area contributed by atoms with Gasteiger partial charge < -0.3 is 10.0 Å². The number of hydrogen-bond acceptors (Lipinski definition) is 4. The van der Waals surface area contributed by atoms with Gasteiger partial charge in [0, 0.05) is 12.6 Å². The topological polar surface area (TPSA) is 88.3 Å². The summed E-state index contributed by atoms with van der Waals surface area (Å²) in [4.78, 5) is 25.5. The van der Waals surface area contributed by atoms with Crippen LogP contribution in [0.4, 0.5) is 4.39 Å². The van der Waals surface area contributed by atoms with E-state index < -0.39 is 29.7 Å². The molecule has 0 radical (unpaired) electrons. The normalized spacial score (nSPS) is 20.5. The van der Waals surface area contributed by atoms with E-state index in [0.717, 1.165) is 4.68 Å². The van der Waals surface area contributed by atoms with Gasteiger partial charge in [-0.05, 0) is 31.9 Å². The SMILES string of the molecule is C[C@@H]1[C@H](C(=O)O)CCCN1C(=O)c1cn(-c2cccc(Cl)c2F)nn1. The number of amides is 1. The molecule has 9 heteroatoms. The Labute approximate surface area is 148 Å². The van der Waals surface area contributed by atoms with E-state index in [-0.39, 0.29) is 16.4 Å². The van der Waals surface area contributed by atoms with Gasteiger partial charge >= 0.3 is 5.97 Å². The summed E-state index contributed by atoms with van der Waals surface area (Å²) >= 11 is 5.75. The van der Waals surface area contributed by atoms with Crippen molar-refractivity contribution in [1.29, 1.82) is 0 Å². The van der Waals surface area contributed by atoms with Crippen LogP contribution in [0.5, 0.6) is 0 Å². The quantitative estimate of drug-likeness (QED) is 0.901. The van der Waals surface area contributed by atoms with Crippen LogP contribution in [0.2, 0.25) is 5.02 Å². The van der Waals surface area contributed by atoms with Crippen molar-refractivity contribution in [2.24, 2.45) is 5.92 Å². The predicted molar refractivity (Wildman–Crippen MR) is 87.2 cm³/mol. The molecule has 0 saturated carbocycles. The van der Waals surface area contributed by atoms with Gasteiger partial charge in [-0.15, -0.1) is 5.10 Å². The zero-order chi connectivity index (χ0) is 18.1. The number of carbonyl (C=O) groups is 2. The molecule has 1 N–H and O–H groups in total. The lowest BCUT2D eigenvalue weighted by Gasteiger charge is -2.36. The molecule has 1 aromatic heterocycles. The maximum absolute atomic E-state index is 14.1. The van der Waals surface area contributed by atoms with E-state index in [9.17, 15) is 19.1 Å². The van der Waals surface area contributed by atoms with Crippen LogP contribution in [-0.4, -0.2) is 49.5 Å². The first-order chi connectivity index (χ1) is 11.9. The second kappa shape index (κ2) is 6.79. The molecule has 3 rings (SSSR count). The fourth-order valence-electron chi connectivity index (χ4n) is 3.06. The minimum Gasteiger partial charge on any atom is -0.481 e. The molecule has 2 atom stereocenters. The summed E-state index contributed by atoms with van der Waals surface area (Å²) < 4.78 is 15.2. The highest BCUT2D eigenvalue weighted by Gasteiger charge is 2.36. The molecule has 2 heterocycles. The van der Waals surface area contributed by atoms with Crippen LogP contribution >= 0.6 is 11.6 Å². The number of carbonyl (C=O) groups excluding carboxylic acids is 1. The first-order valence-corrected chi connectivity index (χ1v) is 8.18. The number of carboxylic acid groups (broad SMARTS) is 1. The average molecular weight is 367 g/mol. The van der Waals surface area contributed by atoms with Gasteiger partial charge in [0.25, 0.3) is 5.91 Å². The van der Waals surface area contributed by atoms with Crippen LogP contribution in [0.3, 0.4) is 0 Å². The Bertz CT molecular complexity index is 825. The minimum absolute atomic E-state index is 0.0252. The van der Waals surface area contributed by atoms with Crippen molar-refractivity contribution in [3.8, 4) is 5.69 Å². The molecule has 1 aliphatic heterocycles. The van der Waals surface area contributed by atoms with Gasteiger partial charge in [-0.3, -0.25) is 9.59 Å². The summed E-state index contributed by atoms with van der Waals surface area (Å²) in [6.45, 7) is 2.15. The number of nitrogens with zero attached hydrogens (tertiary/aromatic N) is 4. The maximum Gasteiger partial charge on any atom is 0.308 e. The van der Waals surface area contributed by atoms with Gasteiger partial charge in [0.2, 0.25) is 0 Å². The van der Waals surface area contributed by atoms with Crippen LogP contribution in [-0.2, 0) is 4.79 Å². The van der Waals surface area contributed by atoms with Crippen LogP contribution in [0.15, 0.2) is 24.4 Å². The number of rotatable bonds is 3. The molecule has 0 unspecified atom stereocenters. The zero-order valence-corrected chi connectivity index (χ0v) is 14.1. The molecule has 25 heavy (non-hydrogen) atoms. The largest absolute Gasteiger partial charge is 0.481 e. The Morgan fingerprint density at radius 1 is 1.40 bits per heavy atom. The Morgan fingerprint density at radius 3 is 2.88 bits per heavy atom. The molecule has 1 amide bonds. The van der Waals surface area contributed by atoms with E-state index in [1.165, 1.54) is 23.2 Å². The average Bonchev–Trinajstić information content (AvgIpc) is 3.06. The van der Waals surface area contributed by atoms with Crippen molar-refractivity contribution in [2.45, 2.75) is 25.8 Å². The lowest BCUT2D eigenvalue weighted by Crippen LogP contribution is -2.49. The Morgan fingerprint density at radius 2 is 2.16 bits per heavy atom. The summed E-state index contributed by atoms with van der Waals surface area (Å²) in [6, 6.07) is 3.99. The molecule has 1 aromatic carbocycles. The summed E-state index contributed by atoms with van der Waals surface area (Å²) in [5.41, 5.74) is 0.103. The standard InChI is InChI=1S/C16H16ClFN4O3/c1-9-10(16(24)25)4-3-7-21(9)15(23)12-8-22(20-19-12)13-6-2-5-11(17)14(13)18/h2,5-6,8-10H,3-4,7H2,1H3,(H,24,25)/t9-,10-/m1/s1. The Hall–Kier alpha value is -2.48. The molecule has 0 aliphatic carbocycles. The number of carboxylic acids is 1. The van der Waals surface area contributed by atoms with E-state index in [1.807, 2.05) is 0 Å². The van der Waals surface area contributed by atoms with Gasteiger partial charge in [0.15, 0.2) is 11.5 Å². The molecule has 1 saturated heterocycles. The second-order valence-electron chi connectivity index (χ2n) is 5.95. The lowest BCUT2D eigenvalue weighted by molar-refractivity contribution is -0.144. The fraction of sp³-hybridized carbons (Fsp3) is 0.375. The summed E-state index contributed by atoms with van der Waals surface area (Å²) in [5.74, 6) is -2.62. The highest BCUT2D eigenvalue weighted by molar-refractivity contribution is 6.30. The Kier molecular flexibility index (Phi) is 4.71. The number of piperidine rings is 1. The van der Waals surface area contributed by atoms with E-state index in [4.69, 9.17) is 11.6 Å². The van der Waals surface area contributed by atoms with Gasteiger partial charge in [-0.25, -0.2) is 9.07 Å². The third kappa shape index (κ3) is 3.21. The minimum atomic E-state index is -0.922. The molecule has 0 spiro atoms. The molecular formula is C16H16ClFN4O3. The molecule has 7 nitrogen and oxygen atoms in total. The second-order valence-corrected chi connectivity index (χ2v) is 6.35. The van der Waals surface area contributed by atoms with Crippen LogP contribution in [0, 0.1) is 11.7 Å². The van der Waals surface area contributed by atoms with Crippen LogP contribution in [0.25, 0.3) is 5.69 Å². The molecule has 1 aliphatic rings. The number of likely N-dealkylation sites (tertiary alicyclic amines) is 1. The summed E-state index contributed by atoms with van der Waals surface area (Å²) in [5, 5.41) is 16.8. The van der Waals surface area contributed by atoms with E-state index in [2.05, 4.69) is 10.3 Å². The number of hydrogen-bond donors (Lipinski definition) is 1. The van der Waals surface area contributed by atoms with Crippen molar-refractivity contribution < 1.29 is 19.1 Å². The number of halogens is 2. The van der Waals surface area contributed by atoms with Gasteiger partial charge in [-0.2, -0.15) is 0 Å². The van der Waals surface area contributed by atoms with E-state index >= 15 is 0 Å². The van der Waals surface area contributed by atoms with Gasteiger partial charge in [0.05, 0.1) is 17.1 Å². The highest BCUT2D eigenvalue weighted by atomic mass is 35.5. The third-order valence-electron chi connectivity index (χ3n) is 4.46. The van der Waals surface area contributed by atoms with Crippen molar-refractivity contribution in [1.82, 2.24) is 19.9 Å². The predicted octanol–water partition coefficient (Wildman–Crippen LogP) is 2.39. The smallest absolute Gasteiger partial charge is 0.308 e. The molecule has 1 fully saturated rings. The summed E-state index contributed by atoms with van der Waals surface area (Å²) in [6.07, 6.45) is 2.44. The van der Waals surface area contributed by atoms with Crippen LogP contribution in [0.1, 0.15) is 30.3 Å². The van der Waals surface area contributed by atoms with Crippen molar-refractivity contribution >= 4 is 23.5 Å². The first kappa shape index (κ1) is 17.3. The van der Waals surface area contributed by atoms with E-state index in [0.29, 0.717) is 19.4 Å². The molecule has 132 valence electrons. The maximum atomic E-state index is 14.1. The molecule has 0 bridgehead atoms. The van der Waals surface area contributed by atoms with E-state index in [1.54, 1.807) is 13.0 Å².